The van der Waals surface area contributed by atoms with E-state index >= 15 is 0 Å². The quantitative estimate of drug-likeness (QED) is 0.0572. The zero-order chi connectivity index (χ0) is 37.0. The van der Waals surface area contributed by atoms with Crippen molar-refractivity contribution in [1.29, 1.82) is 0 Å². The van der Waals surface area contributed by atoms with Crippen molar-refractivity contribution >= 4 is 0 Å². The molecule has 4 heteroatoms. The first kappa shape index (κ1) is 45.2. The standard InChI is InChI=1S/C48H84O4/c1-3-5-7-9-11-13-15-17-19-21-23-25-27-29-31-33-35-47(36-34-32-30-28-26-24-22-20-18-16-14-12-10-8-6-4-2)37-39-48(40-38-47)51-45-41-43(49)44(50)42-46(45)52-48/h11-14,17-20,43-46,49-50H,3-10,15-16,21-42H2,1-2H3/b13-11-,14-12-,19-17-,20-18-/t43-,44+,45-,46-/m0/s1. The Hall–Kier alpha value is -1.20. The molecular weight excluding hydrogens is 641 g/mol. The number of aliphatic hydroxyl groups excluding tert-OH is 2. The average Bonchev–Trinajstić information content (AvgIpc) is 3.48. The highest BCUT2D eigenvalue weighted by atomic mass is 16.8. The molecule has 1 aliphatic heterocycles. The van der Waals surface area contributed by atoms with Crippen LogP contribution in [0.25, 0.3) is 0 Å². The minimum Gasteiger partial charge on any atom is -0.390 e. The molecule has 2 N–H and O–H groups in total. The van der Waals surface area contributed by atoms with Crippen LogP contribution >= 0.6 is 0 Å². The van der Waals surface area contributed by atoms with E-state index in [1.165, 1.54) is 167 Å². The molecule has 0 unspecified atom stereocenters. The molecule has 0 amide bonds. The SMILES string of the molecule is CCCCC/C=C\C/C=C\CCCCCCCCC1(CCCCCCCC/C=C\C/C=C\CCCCC)CCC2(CC1)O[C@H]1C[C@@H](O)[C@@H](O)C[C@@H]1O2. The van der Waals surface area contributed by atoms with Crippen molar-refractivity contribution in [2.75, 3.05) is 0 Å². The zero-order valence-corrected chi connectivity index (χ0v) is 34.3. The first-order chi connectivity index (χ1) is 25.5. The van der Waals surface area contributed by atoms with Gasteiger partial charge in [-0.15, -0.1) is 0 Å². The number of rotatable bonds is 30. The maximum absolute atomic E-state index is 10.2. The second kappa shape index (κ2) is 28.2. The van der Waals surface area contributed by atoms with Gasteiger partial charge in [-0.05, 0) is 95.3 Å². The van der Waals surface area contributed by atoms with E-state index < -0.39 is 18.0 Å². The van der Waals surface area contributed by atoms with Crippen LogP contribution in [0.4, 0.5) is 0 Å². The van der Waals surface area contributed by atoms with E-state index in [4.69, 9.17) is 9.47 Å². The lowest BCUT2D eigenvalue weighted by molar-refractivity contribution is -0.208. The third kappa shape index (κ3) is 18.9. The first-order valence-electron chi connectivity index (χ1n) is 22.8. The third-order valence-corrected chi connectivity index (χ3v) is 12.4. The van der Waals surface area contributed by atoms with E-state index in [0.717, 1.165) is 25.7 Å². The molecule has 2 aliphatic carbocycles. The fraction of sp³-hybridized carbons (Fsp3) is 0.833. The maximum atomic E-state index is 10.2. The van der Waals surface area contributed by atoms with Crippen LogP contribution in [-0.2, 0) is 9.47 Å². The van der Waals surface area contributed by atoms with Gasteiger partial charge in [-0.1, -0.05) is 152 Å². The van der Waals surface area contributed by atoms with Crippen molar-refractivity contribution in [2.45, 2.75) is 250 Å². The molecule has 0 aromatic heterocycles. The molecule has 2 saturated carbocycles. The Morgan fingerprint density at radius 2 is 0.788 bits per heavy atom. The molecule has 3 aliphatic rings. The van der Waals surface area contributed by atoms with Crippen molar-refractivity contribution in [1.82, 2.24) is 0 Å². The molecule has 300 valence electrons. The summed E-state index contributed by atoms with van der Waals surface area (Å²) < 4.78 is 13.1. The number of hydrogen-bond acceptors (Lipinski definition) is 4. The summed E-state index contributed by atoms with van der Waals surface area (Å²) in [5.74, 6) is -0.485. The van der Waals surface area contributed by atoms with Gasteiger partial charge < -0.3 is 19.7 Å². The van der Waals surface area contributed by atoms with E-state index in [9.17, 15) is 10.2 Å². The Balaban J connectivity index is 1.30. The molecule has 0 aromatic rings. The number of aliphatic hydroxyl groups is 2. The molecule has 0 radical (unpaired) electrons. The van der Waals surface area contributed by atoms with Gasteiger partial charge in [0.1, 0.15) is 0 Å². The summed E-state index contributed by atoms with van der Waals surface area (Å²) in [5, 5.41) is 20.5. The van der Waals surface area contributed by atoms with Crippen LogP contribution in [0.5, 0.6) is 0 Å². The number of unbranched alkanes of at least 4 members (excludes halogenated alkanes) is 18. The largest absolute Gasteiger partial charge is 0.390 e. The van der Waals surface area contributed by atoms with Gasteiger partial charge in [0.05, 0.1) is 24.4 Å². The number of fused-ring (bicyclic) bond motifs is 1. The minimum absolute atomic E-state index is 0.0637. The summed E-state index contributed by atoms with van der Waals surface area (Å²) in [6.07, 6.45) is 56.8. The monoisotopic (exact) mass is 725 g/mol. The van der Waals surface area contributed by atoms with E-state index in [1.54, 1.807) is 0 Å². The van der Waals surface area contributed by atoms with Crippen LogP contribution in [0.1, 0.15) is 219 Å². The summed E-state index contributed by atoms with van der Waals surface area (Å²) in [6.45, 7) is 4.54. The first-order valence-corrected chi connectivity index (χ1v) is 22.8. The molecule has 0 aromatic carbocycles. The Kier molecular flexibility index (Phi) is 24.5. The predicted molar refractivity (Wildman–Crippen MR) is 223 cm³/mol. The normalized spacial score (nSPS) is 24.4. The summed E-state index contributed by atoms with van der Waals surface area (Å²) in [6, 6.07) is 0. The van der Waals surface area contributed by atoms with Gasteiger partial charge in [0.25, 0.3) is 0 Å². The molecule has 4 nitrogen and oxygen atoms in total. The lowest BCUT2D eigenvalue weighted by Crippen LogP contribution is -2.43. The second-order valence-corrected chi connectivity index (χ2v) is 17.0. The predicted octanol–water partition coefficient (Wildman–Crippen LogP) is 13.9. The van der Waals surface area contributed by atoms with Crippen LogP contribution in [0.2, 0.25) is 0 Å². The lowest BCUT2D eigenvalue weighted by atomic mass is 9.66. The Morgan fingerprint density at radius 1 is 0.442 bits per heavy atom. The molecule has 1 saturated heterocycles. The van der Waals surface area contributed by atoms with Gasteiger partial charge in [0, 0.05) is 25.7 Å². The lowest BCUT2D eigenvalue weighted by Gasteiger charge is -2.44. The molecule has 4 atom stereocenters. The van der Waals surface area contributed by atoms with Crippen molar-refractivity contribution in [2.24, 2.45) is 5.41 Å². The van der Waals surface area contributed by atoms with Gasteiger partial charge >= 0.3 is 0 Å². The van der Waals surface area contributed by atoms with Crippen molar-refractivity contribution in [3.63, 3.8) is 0 Å². The van der Waals surface area contributed by atoms with Crippen LogP contribution in [0.3, 0.4) is 0 Å². The Labute approximate surface area is 322 Å². The molecule has 3 fully saturated rings. The maximum Gasteiger partial charge on any atom is 0.169 e. The van der Waals surface area contributed by atoms with Crippen LogP contribution in [0.15, 0.2) is 48.6 Å². The summed E-state index contributed by atoms with van der Waals surface area (Å²) >= 11 is 0. The van der Waals surface area contributed by atoms with Crippen molar-refractivity contribution < 1.29 is 19.7 Å². The van der Waals surface area contributed by atoms with Gasteiger partial charge in [-0.25, -0.2) is 0 Å². The number of ether oxygens (including phenoxy) is 2. The highest BCUT2D eigenvalue weighted by Crippen LogP contribution is 2.53. The molecule has 52 heavy (non-hydrogen) atoms. The Bertz CT molecular complexity index is 903. The molecule has 0 bridgehead atoms. The van der Waals surface area contributed by atoms with Gasteiger partial charge in [-0.2, -0.15) is 0 Å². The smallest absolute Gasteiger partial charge is 0.169 e. The molecule has 3 rings (SSSR count). The van der Waals surface area contributed by atoms with Crippen LogP contribution in [0, 0.1) is 5.41 Å². The highest BCUT2D eigenvalue weighted by Gasteiger charge is 2.54. The van der Waals surface area contributed by atoms with Gasteiger partial charge in [-0.3, -0.25) is 0 Å². The number of hydrogen-bond donors (Lipinski definition) is 2. The summed E-state index contributed by atoms with van der Waals surface area (Å²) in [7, 11) is 0. The van der Waals surface area contributed by atoms with Crippen LogP contribution < -0.4 is 0 Å². The fourth-order valence-corrected chi connectivity index (χ4v) is 8.92. The van der Waals surface area contributed by atoms with E-state index in [-0.39, 0.29) is 12.2 Å². The van der Waals surface area contributed by atoms with Gasteiger partial charge in [0.2, 0.25) is 0 Å². The second-order valence-electron chi connectivity index (χ2n) is 17.0. The van der Waals surface area contributed by atoms with Crippen molar-refractivity contribution in [3.05, 3.63) is 48.6 Å². The Morgan fingerprint density at radius 3 is 1.17 bits per heavy atom. The number of allylic oxidation sites excluding steroid dienone is 8. The topological polar surface area (TPSA) is 58.9 Å². The zero-order valence-electron chi connectivity index (χ0n) is 34.3. The van der Waals surface area contributed by atoms with Crippen molar-refractivity contribution in [3.8, 4) is 0 Å². The minimum atomic E-state index is -0.685. The molecule has 1 heterocycles. The fourth-order valence-electron chi connectivity index (χ4n) is 8.92. The highest BCUT2D eigenvalue weighted by molar-refractivity contribution is 4.99. The van der Waals surface area contributed by atoms with Gasteiger partial charge in [0.15, 0.2) is 5.79 Å². The van der Waals surface area contributed by atoms with Crippen LogP contribution in [-0.4, -0.2) is 40.4 Å². The molecule has 1 spiro atoms. The van der Waals surface area contributed by atoms with E-state index in [2.05, 4.69) is 62.5 Å². The summed E-state index contributed by atoms with van der Waals surface area (Å²) in [5.41, 5.74) is 0.426. The van der Waals surface area contributed by atoms with E-state index in [1.807, 2.05) is 0 Å². The molecular formula is C48H84O4. The van der Waals surface area contributed by atoms with E-state index in [0.29, 0.717) is 18.3 Å². The summed E-state index contributed by atoms with van der Waals surface area (Å²) in [4.78, 5) is 0. The average molecular weight is 725 g/mol. The third-order valence-electron chi connectivity index (χ3n) is 12.4.